The summed E-state index contributed by atoms with van der Waals surface area (Å²) in [4.78, 5) is 23.8. The number of amides is 2. The van der Waals surface area contributed by atoms with Gasteiger partial charge >= 0.3 is 0 Å². The molecule has 12 heavy (non-hydrogen) atoms. The van der Waals surface area contributed by atoms with Gasteiger partial charge < -0.3 is 4.90 Å². The molecule has 3 N–H and O–H groups in total. The van der Waals surface area contributed by atoms with Gasteiger partial charge in [0.15, 0.2) is 0 Å². The second-order valence-corrected chi connectivity index (χ2v) is 2.84. The molecule has 1 aliphatic rings. The normalized spacial score (nSPS) is 23.0. The van der Waals surface area contributed by atoms with Crippen LogP contribution in [0, 0.1) is 5.92 Å². The molecule has 1 fully saturated rings. The van der Waals surface area contributed by atoms with Crippen molar-refractivity contribution >= 4 is 11.8 Å². The van der Waals surface area contributed by atoms with Gasteiger partial charge in [-0.1, -0.05) is 0 Å². The summed E-state index contributed by atoms with van der Waals surface area (Å²) in [6.45, 7) is 3.05. The molecule has 0 aromatic carbocycles. The Kier molecular flexibility index (Phi) is 2.65. The van der Waals surface area contributed by atoms with E-state index in [1.54, 1.807) is 4.90 Å². The Labute approximate surface area is 70.9 Å². The standard InChI is InChI=1S/C7H13N3O2/c1-2-10-4-5(3-6(10)11)7(12)9-8/h5H,2-4,8H2,1H3,(H,9,12)/t5-/m0/s1. The van der Waals surface area contributed by atoms with E-state index >= 15 is 0 Å². The molecule has 68 valence electrons. The van der Waals surface area contributed by atoms with E-state index in [0.717, 1.165) is 0 Å². The van der Waals surface area contributed by atoms with Gasteiger partial charge in [0.05, 0.1) is 5.92 Å². The monoisotopic (exact) mass is 171 g/mol. The van der Waals surface area contributed by atoms with E-state index in [1.807, 2.05) is 6.92 Å². The molecule has 0 aliphatic carbocycles. The van der Waals surface area contributed by atoms with Gasteiger partial charge in [0.2, 0.25) is 11.8 Å². The van der Waals surface area contributed by atoms with Gasteiger partial charge in [-0.2, -0.15) is 0 Å². The van der Waals surface area contributed by atoms with Crippen molar-refractivity contribution in [2.75, 3.05) is 13.1 Å². The highest BCUT2D eigenvalue weighted by molar-refractivity contribution is 5.88. The number of nitrogens with two attached hydrogens (primary N) is 1. The van der Waals surface area contributed by atoms with Crippen molar-refractivity contribution in [3.05, 3.63) is 0 Å². The van der Waals surface area contributed by atoms with Crippen LogP contribution in [0.3, 0.4) is 0 Å². The summed E-state index contributed by atoms with van der Waals surface area (Å²) in [5, 5.41) is 0. The average Bonchev–Trinajstić information content (AvgIpc) is 2.45. The minimum absolute atomic E-state index is 0.0334. The molecule has 1 atom stereocenters. The first kappa shape index (κ1) is 8.99. The third-order valence-electron chi connectivity index (χ3n) is 2.11. The Morgan fingerprint density at radius 2 is 2.50 bits per heavy atom. The van der Waals surface area contributed by atoms with Crippen LogP contribution >= 0.6 is 0 Å². The van der Waals surface area contributed by atoms with E-state index in [2.05, 4.69) is 5.43 Å². The largest absolute Gasteiger partial charge is 0.342 e. The van der Waals surface area contributed by atoms with Crippen LogP contribution in [-0.4, -0.2) is 29.8 Å². The van der Waals surface area contributed by atoms with Crippen molar-refractivity contribution in [2.45, 2.75) is 13.3 Å². The summed E-state index contributed by atoms with van der Waals surface area (Å²) in [5.74, 6) is 4.48. The number of rotatable bonds is 2. The second kappa shape index (κ2) is 3.53. The first-order valence-corrected chi connectivity index (χ1v) is 3.97. The highest BCUT2D eigenvalue weighted by Gasteiger charge is 2.32. The van der Waals surface area contributed by atoms with Gasteiger partial charge in [-0.15, -0.1) is 0 Å². The zero-order valence-corrected chi connectivity index (χ0v) is 7.04. The van der Waals surface area contributed by atoms with Crippen LogP contribution in [0.5, 0.6) is 0 Å². The van der Waals surface area contributed by atoms with Crippen LogP contribution in [-0.2, 0) is 9.59 Å². The number of hydrogen-bond acceptors (Lipinski definition) is 3. The number of carbonyl (C=O) groups is 2. The number of carbonyl (C=O) groups excluding carboxylic acids is 2. The Hall–Kier alpha value is -1.10. The molecule has 1 heterocycles. The molecule has 0 radical (unpaired) electrons. The molecule has 2 amide bonds. The van der Waals surface area contributed by atoms with Crippen LogP contribution in [0.25, 0.3) is 0 Å². The zero-order valence-electron chi connectivity index (χ0n) is 7.04. The molecule has 1 saturated heterocycles. The summed E-state index contributed by atoms with van der Waals surface area (Å²) in [6, 6.07) is 0. The van der Waals surface area contributed by atoms with Gasteiger partial charge in [-0.05, 0) is 6.92 Å². The summed E-state index contributed by atoms with van der Waals surface area (Å²) >= 11 is 0. The molecular weight excluding hydrogens is 158 g/mol. The number of hydrogen-bond donors (Lipinski definition) is 2. The number of hydrazine groups is 1. The first-order valence-electron chi connectivity index (χ1n) is 3.97. The fourth-order valence-electron chi connectivity index (χ4n) is 1.37. The van der Waals surface area contributed by atoms with E-state index in [0.29, 0.717) is 13.1 Å². The molecule has 0 spiro atoms. The Morgan fingerprint density at radius 1 is 1.83 bits per heavy atom. The maximum atomic E-state index is 11.1. The van der Waals surface area contributed by atoms with E-state index < -0.39 is 0 Å². The third-order valence-corrected chi connectivity index (χ3v) is 2.11. The zero-order chi connectivity index (χ0) is 9.14. The minimum Gasteiger partial charge on any atom is -0.342 e. The smallest absolute Gasteiger partial charge is 0.239 e. The molecule has 0 unspecified atom stereocenters. The molecule has 0 saturated carbocycles. The lowest BCUT2D eigenvalue weighted by Crippen LogP contribution is -2.37. The molecule has 1 rings (SSSR count). The fourth-order valence-corrected chi connectivity index (χ4v) is 1.37. The van der Waals surface area contributed by atoms with Gasteiger partial charge in [0.1, 0.15) is 0 Å². The van der Waals surface area contributed by atoms with Crippen molar-refractivity contribution in [1.82, 2.24) is 10.3 Å². The molecule has 0 aromatic rings. The third kappa shape index (κ3) is 1.55. The van der Waals surface area contributed by atoms with Gasteiger partial charge in [0.25, 0.3) is 0 Å². The fraction of sp³-hybridized carbons (Fsp3) is 0.714. The molecular formula is C7H13N3O2. The number of nitrogens with zero attached hydrogens (tertiary/aromatic N) is 1. The predicted octanol–water partition coefficient (Wildman–Crippen LogP) is -1.16. The maximum absolute atomic E-state index is 11.1. The molecule has 5 heteroatoms. The Morgan fingerprint density at radius 3 is 2.92 bits per heavy atom. The predicted molar refractivity (Wildman–Crippen MR) is 42.7 cm³/mol. The second-order valence-electron chi connectivity index (χ2n) is 2.84. The van der Waals surface area contributed by atoms with Crippen molar-refractivity contribution in [1.29, 1.82) is 0 Å². The lowest BCUT2D eigenvalue weighted by molar-refractivity contribution is -0.128. The molecule has 0 aromatic heterocycles. The van der Waals surface area contributed by atoms with Gasteiger partial charge in [-0.3, -0.25) is 15.0 Å². The molecule has 5 nitrogen and oxygen atoms in total. The lowest BCUT2D eigenvalue weighted by Gasteiger charge is -2.12. The van der Waals surface area contributed by atoms with Crippen molar-refractivity contribution < 1.29 is 9.59 Å². The maximum Gasteiger partial charge on any atom is 0.239 e. The average molecular weight is 171 g/mol. The van der Waals surface area contributed by atoms with Crippen molar-refractivity contribution in [3.63, 3.8) is 0 Å². The minimum atomic E-state index is -0.262. The highest BCUT2D eigenvalue weighted by Crippen LogP contribution is 2.16. The van der Waals surface area contributed by atoms with E-state index in [-0.39, 0.29) is 24.2 Å². The molecule has 0 bridgehead atoms. The lowest BCUT2D eigenvalue weighted by atomic mass is 10.1. The number of likely N-dealkylation sites (tertiary alicyclic amines) is 1. The summed E-state index contributed by atoms with van der Waals surface area (Å²) in [7, 11) is 0. The summed E-state index contributed by atoms with van der Waals surface area (Å²) in [6.07, 6.45) is 0.289. The van der Waals surface area contributed by atoms with Gasteiger partial charge in [-0.25, -0.2) is 5.84 Å². The summed E-state index contributed by atoms with van der Waals surface area (Å²) < 4.78 is 0. The van der Waals surface area contributed by atoms with E-state index in [4.69, 9.17) is 5.84 Å². The Balaban J connectivity index is 2.54. The van der Waals surface area contributed by atoms with Crippen LogP contribution in [0.1, 0.15) is 13.3 Å². The number of nitrogens with one attached hydrogen (secondary N) is 1. The van der Waals surface area contributed by atoms with Crippen molar-refractivity contribution in [2.24, 2.45) is 11.8 Å². The first-order chi connectivity index (χ1) is 5.69. The van der Waals surface area contributed by atoms with Gasteiger partial charge in [0, 0.05) is 19.5 Å². The van der Waals surface area contributed by atoms with Crippen molar-refractivity contribution in [3.8, 4) is 0 Å². The van der Waals surface area contributed by atoms with E-state index in [9.17, 15) is 9.59 Å². The van der Waals surface area contributed by atoms with Crippen LogP contribution < -0.4 is 11.3 Å². The molecule has 1 aliphatic heterocycles. The SMILES string of the molecule is CCN1C[C@@H](C(=O)NN)CC1=O. The quantitative estimate of drug-likeness (QED) is 0.313. The highest BCUT2D eigenvalue weighted by atomic mass is 16.2. The van der Waals surface area contributed by atoms with Crippen LogP contribution in [0.2, 0.25) is 0 Å². The Bertz CT molecular complexity index is 203. The van der Waals surface area contributed by atoms with Crippen LogP contribution in [0.15, 0.2) is 0 Å². The summed E-state index contributed by atoms with van der Waals surface area (Å²) in [5.41, 5.74) is 2.05. The van der Waals surface area contributed by atoms with E-state index in [1.165, 1.54) is 0 Å². The van der Waals surface area contributed by atoms with Crippen LogP contribution in [0.4, 0.5) is 0 Å². The topological polar surface area (TPSA) is 75.4 Å².